The Morgan fingerprint density at radius 1 is 1.30 bits per heavy atom. The highest BCUT2D eigenvalue weighted by atomic mass is 16.5. The molecule has 2 amide bonds. The van der Waals surface area contributed by atoms with Crippen molar-refractivity contribution in [1.82, 2.24) is 10.7 Å². The normalized spacial score (nSPS) is 10.7. The van der Waals surface area contributed by atoms with Crippen LogP contribution in [0.5, 0.6) is 11.5 Å². The van der Waals surface area contributed by atoms with Crippen molar-refractivity contribution in [2.24, 2.45) is 5.10 Å². The number of carbonyl (C=O) groups excluding carboxylic acids is 2. The summed E-state index contributed by atoms with van der Waals surface area (Å²) >= 11 is 0. The molecule has 0 aliphatic heterocycles. The predicted octanol–water partition coefficient (Wildman–Crippen LogP) is 1.50. The number of benzene rings is 1. The van der Waals surface area contributed by atoms with Gasteiger partial charge in [-0.15, -0.1) is 6.58 Å². The number of amides is 2. The van der Waals surface area contributed by atoms with E-state index in [1.807, 2.05) is 0 Å². The number of nitrogens with one attached hydrogen (secondary N) is 2. The average molecular weight is 319 g/mol. The van der Waals surface area contributed by atoms with E-state index in [1.165, 1.54) is 14.2 Å². The standard InChI is InChI=1S/C16H21N3O4/c1-5-8-17-15(20)9-11(2)18-19-16(21)13-7-6-12(22-3)10-14(13)23-4/h5-7,10H,1,8-9H2,2-4H3,(H,17,20)(H,19,21)/b18-11-. The van der Waals surface area contributed by atoms with Crippen LogP contribution in [-0.4, -0.2) is 38.3 Å². The minimum Gasteiger partial charge on any atom is -0.497 e. The van der Waals surface area contributed by atoms with E-state index in [0.717, 1.165) is 0 Å². The molecule has 0 bridgehead atoms. The van der Waals surface area contributed by atoms with Crippen molar-refractivity contribution in [2.75, 3.05) is 20.8 Å². The number of hydrogen-bond donors (Lipinski definition) is 2. The molecule has 0 unspecified atom stereocenters. The third kappa shape index (κ3) is 5.82. The number of hydrogen-bond acceptors (Lipinski definition) is 5. The van der Waals surface area contributed by atoms with Gasteiger partial charge >= 0.3 is 0 Å². The second kappa shape index (κ2) is 9.24. The molecule has 0 aliphatic carbocycles. The van der Waals surface area contributed by atoms with E-state index in [1.54, 1.807) is 31.2 Å². The number of nitrogens with zero attached hydrogens (tertiary/aromatic N) is 1. The lowest BCUT2D eigenvalue weighted by atomic mass is 10.2. The number of carbonyl (C=O) groups is 2. The van der Waals surface area contributed by atoms with Crippen molar-refractivity contribution >= 4 is 17.5 Å². The highest BCUT2D eigenvalue weighted by Crippen LogP contribution is 2.24. The van der Waals surface area contributed by atoms with Gasteiger partial charge in [0.15, 0.2) is 0 Å². The van der Waals surface area contributed by atoms with Gasteiger partial charge < -0.3 is 14.8 Å². The van der Waals surface area contributed by atoms with Crippen molar-refractivity contribution in [3.63, 3.8) is 0 Å². The Hall–Kier alpha value is -2.83. The first-order chi connectivity index (χ1) is 11.0. The van der Waals surface area contributed by atoms with E-state index in [4.69, 9.17) is 9.47 Å². The van der Waals surface area contributed by atoms with Crippen LogP contribution in [0.2, 0.25) is 0 Å². The minimum absolute atomic E-state index is 0.0911. The lowest BCUT2D eigenvalue weighted by molar-refractivity contribution is -0.119. The van der Waals surface area contributed by atoms with Crippen molar-refractivity contribution < 1.29 is 19.1 Å². The molecule has 7 heteroatoms. The number of rotatable bonds is 8. The Morgan fingerprint density at radius 3 is 2.65 bits per heavy atom. The fraction of sp³-hybridized carbons (Fsp3) is 0.312. The van der Waals surface area contributed by atoms with Crippen LogP contribution in [0.3, 0.4) is 0 Å². The van der Waals surface area contributed by atoms with E-state index in [2.05, 4.69) is 22.4 Å². The molecule has 1 rings (SSSR count). The lowest BCUT2D eigenvalue weighted by Gasteiger charge is -2.09. The first-order valence-electron chi connectivity index (χ1n) is 6.95. The molecule has 0 saturated carbocycles. The molecule has 0 heterocycles. The largest absolute Gasteiger partial charge is 0.497 e. The molecular weight excluding hydrogens is 298 g/mol. The number of ether oxygens (including phenoxy) is 2. The van der Waals surface area contributed by atoms with Crippen molar-refractivity contribution in [3.8, 4) is 11.5 Å². The van der Waals surface area contributed by atoms with Crippen molar-refractivity contribution in [2.45, 2.75) is 13.3 Å². The fourth-order valence-corrected chi connectivity index (χ4v) is 1.71. The molecule has 0 aliphatic rings. The van der Waals surface area contributed by atoms with E-state index in [0.29, 0.717) is 29.3 Å². The summed E-state index contributed by atoms with van der Waals surface area (Å²) in [5, 5.41) is 6.54. The van der Waals surface area contributed by atoms with Crippen LogP contribution in [0, 0.1) is 0 Å². The molecule has 0 radical (unpaired) electrons. The smallest absolute Gasteiger partial charge is 0.275 e. The van der Waals surface area contributed by atoms with Gasteiger partial charge in [-0.2, -0.15) is 5.10 Å². The van der Waals surface area contributed by atoms with Gasteiger partial charge in [0.1, 0.15) is 11.5 Å². The summed E-state index contributed by atoms with van der Waals surface area (Å²) in [6.07, 6.45) is 1.68. The summed E-state index contributed by atoms with van der Waals surface area (Å²) in [6, 6.07) is 4.83. The fourth-order valence-electron chi connectivity index (χ4n) is 1.71. The molecular formula is C16H21N3O4. The molecule has 0 atom stereocenters. The van der Waals surface area contributed by atoms with Gasteiger partial charge in [0, 0.05) is 18.3 Å². The zero-order valence-electron chi connectivity index (χ0n) is 13.5. The average Bonchev–Trinajstić information content (AvgIpc) is 2.57. The van der Waals surface area contributed by atoms with Gasteiger partial charge in [-0.1, -0.05) is 6.08 Å². The van der Waals surface area contributed by atoms with Crippen LogP contribution in [0.4, 0.5) is 0 Å². The third-order valence-corrected chi connectivity index (χ3v) is 2.86. The van der Waals surface area contributed by atoms with Crippen molar-refractivity contribution in [1.29, 1.82) is 0 Å². The molecule has 2 N–H and O–H groups in total. The third-order valence-electron chi connectivity index (χ3n) is 2.86. The first kappa shape index (κ1) is 18.2. The highest BCUT2D eigenvalue weighted by molar-refractivity contribution is 6.01. The summed E-state index contributed by atoms with van der Waals surface area (Å²) < 4.78 is 10.2. The van der Waals surface area contributed by atoms with E-state index >= 15 is 0 Å². The maximum absolute atomic E-state index is 12.1. The quantitative estimate of drug-likeness (QED) is 0.432. The maximum Gasteiger partial charge on any atom is 0.275 e. The van der Waals surface area contributed by atoms with Gasteiger partial charge in [-0.05, 0) is 19.1 Å². The molecule has 7 nitrogen and oxygen atoms in total. The Labute approximate surface area is 135 Å². The van der Waals surface area contributed by atoms with Crippen LogP contribution in [0.1, 0.15) is 23.7 Å². The Bertz CT molecular complexity index is 611. The zero-order chi connectivity index (χ0) is 17.2. The molecule has 0 spiro atoms. The summed E-state index contributed by atoms with van der Waals surface area (Å²) in [5.74, 6) is 0.327. The Kier molecular flexibility index (Phi) is 7.32. The van der Waals surface area contributed by atoms with Gasteiger partial charge in [-0.3, -0.25) is 9.59 Å². The Morgan fingerprint density at radius 2 is 2.04 bits per heavy atom. The Balaban J connectivity index is 2.70. The van der Waals surface area contributed by atoms with E-state index in [-0.39, 0.29) is 12.3 Å². The van der Waals surface area contributed by atoms with Gasteiger partial charge in [0.2, 0.25) is 5.91 Å². The summed E-state index contributed by atoms with van der Waals surface area (Å²) in [5.41, 5.74) is 3.20. The molecule has 0 fully saturated rings. The van der Waals surface area contributed by atoms with E-state index < -0.39 is 5.91 Å². The second-order valence-corrected chi connectivity index (χ2v) is 4.62. The topological polar surface area (TPSA) is 89.0 Å². The summed E-state index contributed by atoms with van der Waals surface area (Å²) in [7, 11) is 2.99. The summed E-state index contributed by atoms with van der Waals surface area (Å²) in [6.45, 7) is 5.55. The van der Waals surface area contributed by atoms with Crippen molar-refractivity contribution in [3.05, 3.63) is 36.4 Å². The van der Waals surface area contributed by atoms with E-state index in [9.17, 15) is 9.59 Å². The molecule has 1 aromatic carbocycles. The first-order valence-corrected chi connectivity index (χ1v) is 6.95. The lowest BCUT2D eigenvalue weighted by Crippen LogP contribution is -2.26. The SMILES string of the molecule is C=CCNC(=O)C/C(C)=N\NC(=O)c1ccc(OC)cc1OC. The second-order valence-electron chi connectivity index (χ2n) is 4.62. The zero-order valence-corrected chi connectivity index (χ0v) is 13.5. The number of hydrazone groups is 1. The molecule has 0 saturated heterocycles. The van der Waals surface area contributed by atoms with Crippen LogP contribution >= 0.6 is 0 Å². The van der Waals surface area contributed by atoms with Gasteiger partial charge in [0.25, 0.3) is 5.91 Å². The van der Waals surface area contributed by atoms with Crippen LogP contribution in [-0.2, 0) is 4.79 Å². The monoisotopic (exact) mass is 319 g/mol. The molecule has 0 aromatic heterocycles. The van der Waals surface area contributed by atoms with Crippen LogP contribution in [0.15, 0.2) is 36.0 Å². The van der Waals surface area contributed by atoms with Crippen LogP contribution < -0.4 is 20.2 Å². The predicted molar refractivity (Wildman–Crippen MR) is 87.9 cm³/mol. The maximum atomic E-state index is 12.1. The number of methoxy groups -OCH3 is 2. The summed E-state index contributed by atoms with van der Waals surface area (Å²) in [4.78, 5) is 23.6. The van der Waals surface area contributed by atoms with Gasteiger partial charge in [0.05, 0.1) is 26.2 Å². The molecule has 1 aromatic rings. The van der Waals surface area contributed by atoms with Crippen LogP contribution in [0.25, 0.3) is 0 Å². The molecule has 124 valence electrons. The highest BCUT2D eigenvalue weighted by Gasteiger charge is 2.13. The molecule has 23 heavy (non-hydrogen) atoms. The minimum atomic E-state index is -0.435. The van der Waals surface area contributed by atoms with Gasteiger partial charge in [-0.25, -0.2) is 5.43 Å².